The van der Waals surface area contributed by atoms with Crippen LogP contribution in [0.5, 0.6) is 0 Å². The van der Waals surface area contributed by atoms with E-state index in [1.807, 2.05) is 13.8 Å². The summed E-state index contributed by atoms with van der Waals surface area (Å²) in [5.74, 6) is -1.39. The third-order valence-electron chi connectivity index (χ3n) is 3.19. The quantitative estimate of drug-likeness (QED) is 0.242. The number of carbonyl (C=O) groups is 2. The lowest BCUT2D eigenvalue weighted by Gasteiger charge is -2.38. The van der Waals surface area contributed by atoms with Crippen LogP contribution >= 0.6 is 63.7 Å². The van der Waals surface area contributed by atoms with Crippen LogP contribution in [-0.4, -0.2) is 21.6 Å². The van der Waals surface area contributed by atoms with Gasteiger partial charge < -0.3 is 9.84 Å². The first-order valence-electron chi connectivity index (χ1n) is 6.66. The van der Waals surface area contributed by atoms with E-state index in [1.165, 1.54) is 6.92 Å². The average molecular weight is 594 g/mol. The highest BCUT2D eigenvalue weighted by molar-refractivity contribution is 9.17. The van der Waals surface area contributed by atoms with Crippen molar-refractivity contribution in [3.8, 4) is 0 Å². The number of hydrogen-bond donors (Lipinski definition) is 1. The van der Waals surface area contributed by atoms with Gasteiger partial charge in [0.1, 0.15) is 0 Å². The van der Waals surface area contributed by atoms with Crippen molar-refractivity contribution in [1.82, 2.24) is 0 Å². The van der Waals surface area contributed by atoms with Crippen molar-refractivity contribution >= 4 is 75.7 Å². The third kappa shape index (κ3) is 5.68. The van der Waals surface area contributed by atoms with E-state index in [4.69, 9.17) is 9.84 Å². The summed E-state index contributed by atoms with van der Waals surface area (Å²) in [6, 6.07) is 0. The smallest absolute Gasteiger partial charge is 0.334 e. The SMILES string of the molecule is C=C(C)C(=O)O.C=C(C)C(=O)OC1(Br)C(Br)=C(Br)C(Br)=C(C)C1C. The van der Waals surface area contributed by atoms with Crippen molar-refractivity contribution in [1.29, 1.82) is 0 Å². The Morgan fingerprint density at radius 1 is 1.12 bits per heavy atom. The standard InChI is InChI=1S/C12H12Br4O2.C4H6O2/c1-5(2)11(17)18-12(16)7(4)6(3)8(13)9(14)10(12)15;1-3(2)4(5)6/h7H,1H2,2-4H3;1H2,2H3,(H,5,6). The molecule has 4 nitrogen and oxygen atoms in total. The van der Waals surface area contributed by atoms with Crippen LogP contribution in [0.15, 0.2) is 43.3 Å². The highest BCUT2D eigenvalue weighted by Gasteiger charge is 2.46. The predicted molar refractivity (Wildman–Crippen MR) is 111 cm³/mol. The van der Waals surface area contributed by atoms with Gasteiger partial charge in [0, 0.05) is 26.0 Å². The normalized spacial score (nSPS) is 23.2. The second-order valence-electron chi connectivity index (χ2n) is 5.25. The maximum absolute atomic E-state index is 11.8. The fourth-order valence-electron chi connectivity index (χ4n) is 1.43. The van der Waals surface area contributed by atoms with E-state index >= 15 is 0 Å². The molecular weight excluding hydrogens is 576 g/mol. The first-order chi connectivity index (χ1) is 10.8. The molecule has 0 radical (unpaired) electrons. The molecule has 0 heterocycles. The van der Waals surface area contributed by atoms with Gasteiger partial charge in [0.25, 0.3) is 0 Å². The van der Waals surface area contributed by atoms with Crippen LogP contribution in [0.25, 0.3) is 0 Å². The first-order valence-corrected chi connectivity index (χ1v) is 9.83. The zero-order valence-corrected chi connectivity index (χ0v) is 20.0. The van der Waals surface area contributed by atoms with Gasteiger partial charge in [-0.2, -0.15) is 0 Å². The fourth-order valence-corrected chi connectivity index (χ4v) is 4.43. The Morgan fingerprint density at radius 2 is 1.54 bits per heavy atom. The van der Waals surface area contributed by atoms with E-state index in [0.717, 1.165) is 19.0 Å². The molecule has 24 heavy (non-hydrogen) atoms. The van der Waals surface area contributed by atoms with Crippen LogP contribution in [0.1, 0.15) is 27.7 Å². The van der Waals surface area contributed by atoms with Crippen LogP contribution in [0.2, 0.25) is 0 Å². The van der Waals surface area contributed by atoms with Gasteiger partial charge in [-0.15, -0.1) is 0 Å². The number of ether oxygens (including phenoxy) is 1. The summed E-state index contributed by atoms with van der Waals surface area (Å²) >= 11 is 14.0. The zero-order chi connectivity index (χ0) is 19.4. The molecule has 0 saturated heterocycles. The number of aliphatic carboxylic acids is 1. The lowest BCUT2D eigenvalue weighted by atomic mass is 9.91. The number of hydrogen-bond acceptors (Lipinski definition) is 3. The van der Waals surface area contributed by atoms with Crippen molar-refractivity contribution in [2.75, 3.05) is 0 Å². The number of allylic oxidation sites excluding steroid dienone is 2. The number of halogens is 4. The minimum absolute atomic E-state index is 0.0224. The second-order valence-corrected chi connectivity index (χ2v) is 8.80. The molecule has 1 N–H and O–H groups in total. The Morgan fingerprint density at radius 3 is 1.88 bits per heavy atom. The summed E-state index contributed by atoms with van der Waals surface area (Å²) < 4.78 is 7.15. The number of alkyl halides is 1. The Hall–Kier alpha value is -0.180. The summed E-state index contributed by atoms with van der Waals surface area (Å²) in [4.78, 5) is 21.4. The van der Waals surface area contributed by atoms with Crippen molar-refractivity contribution in [2.24, 2.45) is 5.92 Å². The first kappa shape index (κ1) is 23.8. The highest BCUT2D eigenvalue weighted by atomic mass is 79.9. The van der Waals surface area contributed by atoms with E-state index in [9.17, 15) is 9.59 Å². The van der Waals surface area contributed by atoms with E-state index in [0.29, 0.717) is 5.57 Å². The van der Waals surface area contributed by atoms with Crippen LogP contribution in [0, 0.1) is 5.92 Å². The molecule has 0 aromatic heterocycles. The zero-order valence-electron chi connectivity index (χ0n) is 13.7. The summed E-state index contributed by atoms with van der Waals surface area (Å²) in [7, 11) is 0. The largest absolute Gasteiger partial charge is 0.478 e. The summed E-state index contributed by atoms with van der Waals surface area (Å²) in [5, 5.41) is 7.89. The van der Waals surface area contributed by atoms with Crippen LogP contribution in [0.3, 0.4) is 0 Å². The predicted octanol–water partition coefficient (Wildman–Crippen LogP) is 6.16. The monoisotopic (exact) mass is 590 g/mol. The van der Waals surface area contributed by atoms with Crippen molar-refractivity contribution in [3.63, 3.8) is 0 Å². The van der Waals surface area contributed by atoms with Gasteiger partial charge in [-0.3, -0.25) is 0 Å². The summed E-state index contributed by atoms with van der Waals surface area (Å²) in [6.45, 7) is 13.8. The van der Waals surface area contributed by atoms with Crippen LogP contribution in [0.4, 0.5) is 0 Å². The molecule has 1 aliphatic carbocycles. The van der Waals surface area contributed by atoms with Gasteiger partial charge in [0.15, 0.2) is 0 Å². The molecule has 1 rings (SSSR count). The summed E-state index contributed by atoms with van der Waals surface area (Å²) in [5.41, 5.74) is 1.62. The minimum atomic E-state index is -0.935. The molecule has 2 atom stereocenters. The number of rotatable bonds is 3. The maximum Gasteiger partial charge on any atom is 0.334 e. The third-order valence-corrected chi connectivity index (χ3v) is 8.83. The van der Waals surface area contributed by atoms with Gasteiger partial charge in [-0.1, -0.05) is 20.1 Å². The second kappa shape index (κ2) is 9.50. The summed E-state index contributed by atoms with van der Waals surface area (Å²) in [6.07, 6.45) is 0. The molecule has 1 aliphatic rings. The molecule has 0 amide bonds. The minimum Gasteiger partial charge on any atom is -0.478 e. The molecule has 134 valence electrons. The number of esters is 1. The Balaban J connectivity index is 0.000000754. The molecule has 0 aromatic carbocycles. The molecule has 0 aromatic rings. The van der Waals surface area contributed by atoms with Gasteiger partial charge >= 0.3 is 11.9 Å². The van der Waals surface area contributed by atoms with Crippen molar-refractivity contribution < 1.29 is 19.4 Å². The van der Waals surface area contributed by atoms with E-state index < -0.39 is 16.4 Å². The molecule has 2 unspecified atom stereocenters. The van der Waals surface area contributed by atoms with E-state index in [-0.39, 0.29) is 11.5 Å². The Bertz CT molecular complexity index is 636. The van der Waals surface area contributed by atoms with Gasteiger partial charge in [0.05, 0.1) is 4.48 Å². The molecule has 0 bridgehead atoms. The van der Waals surface area contributed by atoms with Gasteiger partial charge in [-0.25, -0.2) is 9.59 Å². The number of carboxylic acids is 1. The average Bonchev–Trinajstić information content (AvgIpc) is 2.50. The molecule has 8 heteroatoms. The molecular formula is C16H18Br4O4. The molecule has 0 aliphatic heterocycles. The number of carboxylic acid groups (broad SMARTS) is 1. The van der Waals surface area contributed by atoms with E-state index in [2.05, 4.69) is 76.9 Å². The van der Waals surface area contributed by atoms with Crippen molar-refractivity contribution in [3.05, 3.63) is 43.3 Å². The van der Waals surface area contributed by atoms with Crippen molar-refractivity contribution in [2.45, 2.75) is 32.2 Å². The van der Waals surface area contributed by atoms with Gasteiger partial charge in [0.2, 0.25) is 4.51 Å². The van der Waals surface area contributed by atoms with Crippen LogP contribution < -0.4 is 0 Å². The van der Waals surface area contributed by atoms with E-state index in [1.54, 1.807) is 6.92 Å². The Kier molecular flexibility index (Phi) is 9.43. The lowest BCUT2D eigenvalue weighted by Crippen LogP contribution is -2.39. The molecule has 0 fully saturated rings. The van der Waals surface area contributed by atoms with Gasteiger partial charge in [-0.05, 0) is 90.1 Å². The Labute approximate surface area is 175 Å². The van der Waals surface area contributed by atoms with Crippen LogP contribution in [-0.2, 0) is 14.3 Å². The fraction of sp³-hybridized carbons (Fsp3) is 0.375. The lowest BCUT2D eigenvalue weighted by molar-refractivity contribution is -0.145. The maximum atomic E-state index is 11.8. The topological polar surface area (TPSA) is 63.6 Å². The molecule has 0 saturated carbocycles. The number of carbonyl (C=O) groups excluding carboxylic acids is 1. The highest BCUT2D eigenvalue weighted by Crippen LogP contribution is 2.53. The molecule has 0 spiro atoms.